The SMILES string of the molecule is C=CC[C@H]1C[C@H](C)O[C@H](C(C)(C)C)O1. The van der Waals surface area contributed by atoms with E-state index in [-0.39, 0.29) is 23.9 Å². The lowest BCUT2D eigenvalue weighted by Crippen LogP contribution is -2.43. The molecule has 0 unspecified atom stereocenters. The molecule has 0 amide bonds. The zero-order valence-electron chi connectivity index (χ0n) is 9.75. The number of rotatable bonds is 2. The molecule has 0 saturated carbocycles. The summed E-state index contributed by atoms with van der Waals surface area (Å²) >= 11 is 0. The first-order valence-corrected chi connectivity index (χ1v) is 5.35. The van der Waals surface area contributed by atoms with Crippen molar-refractivity contribution < 1.29 is 9.47 Å². The van der Waals surface area contributed by atoms with E-state index in [0.29, 0.717) is 0 Å². The lowest BCUT2D eigenvalue weighted by atomic mass is 9.94. The first-order chi connectivity index (χ1) is 6.43. The number of ether oxygens (including phenoxy) is 2. The highest BCUT2D eigenvalue weighted by atomic mass is 16.7. The van der Waals surface area contributed by atoms with Crippen molar-refractivity contribution >= 4 is 0 Å². The summed E-state index contributed by atoms with van der Waals surface area (Å²) in [5, 5.41) is 0. The first-order valence-electron chi connectivity index (χ1n) is 5.35. The van der Waals surface area contributed by atoms with Crippen LogP contribution in [0.25, 0.3) is 0 Å². The molecule has 0 radical (unpaired) electrons. The highest BCUT2D eigenvalue weighted by molar-refractivity contribution is 4.81. The van der Waals surface area contributed by atoms with E-state index in [0.717, 1.165) is 12.8 Å². The van der Waals surface area contributed by atoms with Crippen molar-refractivity contribution in [2.24, 2.45) is 5.41 Å². The molecular weight excluding hydrogens is 176 g/mol. The maximum atomic E-state index is 5.87. The molecule has 1 rings (SSSR count). The van der Waals surface area contributed by atoms with E-state index in [2.05, 4.69) is 34.3 Å². The topological polar surface area (TPSA) is 18.5 Å². The van der Waals surface area contributed by atoms with Gasteiger partial charge in [-0.1, -0.05) is 26.8 Å². The average Bonchev–Trinajstić information content (AvgIpc) is 2.02. The van der Waals surface area contributed by atoms with Crippen LogP contribution >= 0.6 is 0 Å². The quantitative estimate of drug-likeness (QED) is 0.635. The third-order valence-electron chi connectivity index (χ3n) is 2.40. The van der Waals surface area contributed by atoms with Gasteiger partial charge in [0.1, 0.15) is 0 Å². The zero-order valence-corrected chi connectivity index (χ0v) is 9.75. The Balaban J connectivity index is 2.58. The Morgan fingerprint density at radius 3 is 2.50 bits per heavy atom. The second-order valence-corrected chi connectivity index (χ2v) is 5.16. The molecule has 1 aliphatic rings. The summed E-state index contributed by atoms with van der Waals surface area (Å²) < 4.78 is 11.6. The minimum atomic E-state index is -0.0869. The molecule has 0 spiro atoms. The van der Waals surface area contributed by atoms with Crippen LogP contribution in [0.1, 0.15) is 40.5 Å². The fourth-order valence-electron chi connectivity index (χ4n) is 1.65. The van der Waals surface area contributed by atoms with Crippen molar-refractivity contribution in [2.75, 3.05) is 0 Å². The van der Waals surface area contributed by atoms with Crippen LogP contribution < -0.4 is 0 Å². The summed E-state index contributed by atoms with van der Waals surface area (Å²) in [6, 6.07) is 0. The lowest BCUT2D eigenvalue weighted by Gasteiger charge is -2.40. The lowest BCUT2D eigenvalue weighted by molar-refractivity contribution is -0.274. The minimum Gasteiger partial charge on any atom is -0.349 e. The maximum absolute atomic E-state index is 5.87. The minimum absolute atomic E-state index is 0.0497. The van der Waals surface area contributed by atoms with Crippen LogP contribution in [0.3, 0.4) is 0 Å². The molecule has 1 heterocycles. The van der Waals surface area contributed by atoms with Gasteiger partial charge >= 0.3 is 0 Å². The summed E-state index contributed by atoms with van der Waals surface area (Å²) in [6.45, 7) is 12.3. The standard InChI is InChI=1S/C12H22O2/c1-6-7-10-8-9(2)13-11(14-10)12(3,4)5/h6,9-11H,1,7-8H2,2-5H3/t9-,10-,11-/m0/s1. The Kier molecular flexibility index (Phi) is 3.73. The number of hydrogen-bond donors (Lipinski definition) is 0. The molecule has 0 aromatic carbocycles. The molecule has 2 heteroatoms. The first kappa shape index (κ1) is 11.7. The van der Waals surface area contributed by atoms with Crippen LogP contribution in [0.15, 0.2) is 12.7 Å². The van der Waals surface area contributed by atoms with E-state index in [9.17, 15) is 0 Å². The van der Waals surface area contributed by atoms with Crippen LogP contribution in [-0.4, -0.2) is 18.5 Å². The van der Waals surface area contributed by atoms with Gasteiger partial charge in [-0.3, -0.25) is 0 Å². The zero-order chi connectivity index (χ0) is 10.8. The van der Waals surface area contributed by atoms with Crippen molar-refractivity contribution in [2.45, 2.75) is 59.0 Å². The third kappa shape index (κ3) is 3.10. The van der Waals surface area contributed by atoms with Gasteiger partial charge in [0.05, 0.1) is 12.2 Å². The van der Waals surface area contributed by atoms with Gasteiger partial charge < -0.3 is 9.47 Å². The van der Waals surface area contributed by atoms with Gasteiger partial charge in [-0.2, -0.15) is 0 Å². The molecule has 1 fully saturated rings. The van der Waals surface area contributed by atoms with Crippen molar-refractivity contribution in [1.29, 1.82) is 0 Å². The van der Waals surface area contributed by atoms with Crippen LogP contribution in [0, 0.1) is 5.41 Å². The second kappa shape index (κ2) is 4.45. The molecule has 3 atom stereocenters. The van der Waals surface area contributed by atoms with Gasteiger partial charge in [0.15, 0.2) is 6.29 Å². The fourth-order valence-corrected chi connectivity index (χ4v) is 1.65. The molecule has 0 N–H and O–H groups in total. The molecule has 1 saturated heterocycles. The highest BCUT2D eigenvalue weighted by Gasteiger charge is 2.34. The average molecular weight is 198 g/mol. The molecule has 0 bridgehead atoms. The van der Waals surface area contributed by atoms with Gasteiger partial charge in [0, 0.05) is 11.8 Å². The van der Waals surface area contributed by atoms with Gasteiger partial charge in [0.2, 0.25) is 0 Å². The molecule has 82 valence electrons. The molecule has 2 nitrogen and oxygen atoms in total. The normalized spacial score (nSPS) is 34.1. The monoisotopic (exact) mass is 198 g/mol. The van der Waals surface area contributed by atoms with Gasteiger partial charge in [-0.15, -0.1) is 6.58 Å². The Hall–Kier alpha value is -0.340. The predicted molar refractivity (Wildman–Crippen MR) is 58.1 cm³/mol. The Morgan fingerprint density at radius 2 is 2.00 bits per heavy atom. The molecule has 0 aliphatic carbocycles. The van der Waals surface area contributed by atoms with Crippen molar-refractivity contribution in [1.82, 2.24) is 0 Å². The number of hydrogen-bond acceptors (Lipinski definition) is 2. The highest BCUT2D eigenvalue weighted by Crippen LogP contribution is 2.31. The van der Waals surface area contributed by atoms with Crippen molar-refractivity contribution in [3.8, 4) is 0 Å². The van der Waals surface area contributed by atoms with Crippen molar-refractivity contribution in [3.05, 3.63) is 12.7 Å². The van der Waals surface area contributed by atoms with E-state index < -0.39 is 0 Å². The fraction of sp³-hybridized carbons (Fsp3) is 0.833. The van der Waals surface area contributed by atoms with Gasteiger partial charge in [0.25, 0.3) is 0 Å². The summed E-state index contributed by atoms with van der Waals surface area (Å²) in [7, 11) is 0. The Morgan fingerprint density at radius 1 is 1.36 bits per heavy atom. The van der Waals surface area contributed by atoms with E-state index >= 15 is 0 Å². The van der Waals surface area contributed by atoms with Crippen molar-refractivity contribution in [3.63, 3.8) is 0 Å². The van der Waals surface area contributed by atoms with Crippen LogP contribution in [0.4, 0.5) is 0 Å². The van der Waals surface area contributed by atoms with E-state index in [4.69, 9.17) is 9.47 Å². The maximum Gasteiger partial charge on any atom is 0.163 e. The van der Waals surface area contributed by atoms with Gasteiger partial charge in [-0.25, -0.2) is 0 Å². The molecular formula is C12H22O2. The predicted octanol–water partition coefficient (Wildman–Crippen LogP) is 3.13. The Bertz CT molecular complexity index is 193. The molecule has 1 aliphatic heterocycles. The summed E-state index contributed by atoms with van der Waals surface area (Å²) in [5.41, 5.74) is 0.0497. The van der Waals surface area contributed by atoms with E-state index in [1.54, 1.807) is 0 Å². The largest absolute Gasteiger partial charge is 0.349 e. The summed E-state index contributed by atoms with van der Waals surface area (Å²) in [5.74, 6) is 0. The van der Waals surface area contributed by atoms with Gasteiger partial charge in [-0.05, 0) is 13.3 Å². The van der Waals surface area contributed by atoms with Crippen LogP contribution in [0.5, 0.6) is 0 Å². The van der Waals surface area contributed by atoms with Crippen LogP contribution in [-0.2, 0) is 9.47 Å². The molecule has 0 aromatic rings. The summed E-state index contributed by atoms with van der Waals surface area (Å²) in [4.78, 5) is 0. The molecule has 14 heavy (non-hydrogen) atoms. The second-order valence-electron chi connectivity index (χ2n) is 5.16. The van der Waals surface area contributed by atoms with Crippen LogP contribution in [0.2, 0.25) is 0 Å². The summed E-state index contributed by atoms with van der Waals surface area (Å²) in [6.07, 6.45) is 4.29. The molecule has 0 aromatic heterocycles. The van der Waals surface area contributed by atoms with E-state index in [1.165, 1.54) is 0 Å². The van der Waals surface area contributed by atoms with E-state index in [1.807, 2.05) is 6.08 Å². The Labute approximate surface area is 87.3 Å². The smallest absolute Gasteiger partial charge is 0.163 e. The third-order valence-corrected chi connectivity index (χ3v) is 2.40.